The molecule has 0 radical (unpaired) electrons. The number of anilines is 1. The summed E-state index contributed by atoms with van der Waals surface area (Å²) >= 11 is 1.64. The normalized spacial score (nSPS) is 19.5. The molecule has 1 atom stereocenters. The lowest BCUT2D eigenvalue weighted by molar-refractivity contribution is -0.385. The summed E-state index contributed by atoms with van der Waals surface area (Å²) in [5.74, 6) is 0. The highest BCUT2D eigenvalue weighted by Gasteiger charge is 2.38. The average Bonchev–Trinajstić information content (AvgIpc) is 3.39. The Hall–Kier alpha value is -2.89. The third kappa shape index (κ3) is 4.74. The third-order valence-corrected chi connectivity index (χ3v) is 11.5. The lowest BCUT2D eigenvalue weighted by atomic mass is 9.91. The Bertz CT molecular complexity index is 1390. The molecule has 2 heterocycles. The summed E-state index contributed by atoms with van der Waals surface area (Å²) < 4.78 is 2.02. The number of rotatable bonds is 6. The van der Waals surface area contributed by atoms with Gasteiger partial charge in [-0.25, -0.2) is 4.41 Å². The lowest BCUT2D eigenvalue weighted by Crippen LogP contribution is -2.18. The molecule has 2 aliphatic heterocycles. The summed E-state index contributed by atoms with van der Waals surface area (Å²) in [5.41, 5.74) is 3.36. The number of nitro benzene ring substituents is 2. The summed E-state index contributed by atoms with van der Waals surface area (Å²) in [6, 6.07) is 13.3. The van der Waals surface area contributed by atoms with Crippen molar-refractivity contribution in [3.63, 3.8) is 0 Å². The standard InChI is InChI=1S/C25H24N4O4S3/c1-25(2,3)23(34-19-13-11-18(12-14-19)29(32)33)15-22-20-5-4-6-21-24(20)36(35-22)27(26-21)16-7-9-17(10-8-16)28(30)31/h7-15H,4-6H2,1-3H3/b23-15+. The van der Waals surface area contributed by atoms with Crippen LogP contribution >= 0.6 is 32.3 Å². The SMILES string of the molecule is CC(C)(C)/C(=C\C1=C2CCCC3=NN(c4ccc([N+](=O)[O-])cc4)S(=C32)S1)Sc1ccc([N+](=O)[O-])cc1. The molecule has 0 amide bonds. The van der Waals surface area contributed by atoms with Crippen LogP contribution in [0.4, 0.5) is 17.1 Å². The molecular formula is C25H24N4O4S3. The molecule has 1 unspecified atom stereocenters. The number of allylic oxidation sites excluding steroid dienone is 3. The van der Waals surface area contributed by atoms with Crippen LogP contribution in [0, 0.1) is 25.6 Å². The fourth-order valence-corrected chi connectivity index (χ4v) is 9.80. The molecule has 2 aromatic rings. The first-order chi connectivity index (χ1) is 17.1. The maximum absolute atomic E-state index is 11.1. The Labute approximate surface area is 219 Å². The maximum Gasteiger partial charge on any atom is 0.269 e. The van der Waals surface area contributed by atoms with Crippen LogP contribution in [0.3, 0.4) is 0 Å². The Morgan fingerprint density at radius 2 is 1.64 bits per heavy atom. The fourth-order valence-electron chi connectivity index (χ4n) is 4.06. The highest BCUT2D eigenvalue weighted by molar-refractivity contribution is 8.86. The van der Waals surface area contributed by atoms with Gasteiger partial charge in [0, 0.05) is 43.8 Å². The first-order valence-corrected chi connectivity index (χ1v) is 14.7. The van der Waals surface area contributed by atoms with Crippen molar-refractivity contribution in [1.82, 2.24) is 0 Å². The number of nitrogens with zero attached hydrogens (tertiary/aromatic N) is 4. The topological polar surface area (TPSA) is 102 Å². The lowest BCUT2D eigenvalue weighted by Gasteiger charge is -2.24. The van der Waals surface area contributed by atoms with E-state index >= 15 is 0 Å². The highest BCUT2D eigenvalue weighted by Crippen LogP contribution is 2.58. The van der Waals surface area contributed by atoms with Crippen molar-refractivity contribution in [2.24, 2.45) is 10.5 Å². The summed E-state index contributed by atoms with van der Waals surface area (Å²) in [6.45, 7) is 6.53. The van der Waals surface area contributed by atoms with Crippen LogP contribution in [0.1, 0.15) is 40.0 Å². The molecule has 186 valence electrons. The summed E-state index contributed by atoms with van der Waals surface area (Å²) in [7, 11) is 1.48. The molecule has 0 bridgehead atoms. The van der Waals surface area contributed by atoms with Gasteiger partial charge in [0.2, 0.25) is 0 Å². The number of thioether (sulfide) groups is 1. The van der Waals surface area contributed by atoms with Crippen LogP contribution < -0.4 is 4.41 Å². The van der Waals surface area contributed by atoms with Crippen LogP contribution in [-0.2, 0) is 0 Å². The zero-order valence-electron chi connectivity index (χ0n) is 20.0. The van der Waals surface area contributed by atoms with E-state index in [-0.39, 0.29) is 36.3 Å². The van der Waals surface area contributed by atoms with E-state index < -0.39 is 0 Å². The molecule has 2 aromatic carbocycles. The molecule has 8 nitrogen and oxygen atoms in total. The average molecular weight is 541 g/mol. The van der Waals surface area contributed by atoms with Crippen molar-refractivity contribution >= 4 is 59.9 Å². The van der Waals surface area contributed by atoms with Gasteiger partial charge < -0.3 is 0 Å². The molecule has 11 heteroatoms. The monoisotopic (exact) mass is 540 g/mol. The maximum atomic E-state index is 11.1. The molecule has 1 fully saturated rings. The smallest absolute Gasteiger partial charge is 0.258 e. The second-order valence-electron chi connectivity index (χ2n) is 9.56. The van der Waals surface area contributed by atoms with E-state index in [4.69, 9.17) is 5.10 Å². The molecular weight excluding hydrogens is 517 g/mol. The molecule has 0 saturated heterocycles. The van der Waals surface area contributed by atoms with E-state index in [0.717, 1.165) is 35.6 Å². The van der Waals surface area contributed by atoms with E-state index in [2.05, 4.69) is 26.8 Å². The molecule has 1 saturated carbocycles. The Morgan fingerprint density at radius 1 is 1.03 bits per heavy atom. The largest absolute Gasteiger partial charge is 0.269 e. The molecule has 0 N–H and O–H groups in total. The molecule has 0 aromatic heterocycles. The summed E-state index contributed by atoms with van der Waals surface area (Å²) in [6.07, 6.45) is 5.26. The predicted octanol–water partition coefficient (Wildman–Crippen LogP) is 7.86. The van der Waals surface area contributed by atoms with Gasteiger partial charge in [0.25, 0.3) is 11.4 Å². The van der Waals surface area contributed by atoms with Crippen molar-refractivity contribution in [3.8, 4) is 0 Å². The minimum absolute atomic E-state index is 0.0682. The van der Waals surface area contributed by atoms with Gasteiger partial charge in [0.15, 0.2) is 0 Å². The van der Waals surface area contributed by atoms with Gasteiger partial charge in [0.05, 0.1) is 26.1 Å². The van der Waals surface area contributed by atoms with Gasteiger partial charge in [-0.2, -0.15) is 5.10 Å². The minimum Gasteiger partial charge on any atom is -0.258 e. The Balaban J connectivity index is 1.46. The van der Waals surface area contributed by atoms with Gasteiger partial charge >= 0.3 is 0 Å². The van der Waals surface area contributed by atoms with Crippen molar-refractivity contribution < 1.29 is 9.85 Å². The van der Waals surface area contributed by atoms with Crippen molar-refractivity contribution in [3.05, 3.63) is 90.2 Å². The zero-order valence-corrected chi connectivity index (χ0v) is 22.4. The first-order valence-electron chi connectivity index (χ1n) is 11.4. The van der Waals surface area contributed by atoms with Gasteiger partial charge in [-0.1, -0.05) is 32.5 Å². The van der Waals surface area contributed by atoms with Gasteiger partial charge in [0.1, 0.15) is 0 Å². The van der Waals surface area contributed by atoms with Gasteiger partial charge in [-0.05, 0) is 76.3 Å². The quantitative estimate of drug-likeness (QED) is 0.121. The molecule has 36 heavy (non-hydrogen) atoms. The van der Waals surface area contributed by atoms with Gasteiger partial charge in [-0.15, -0.1) is 0 Å². The number of benzene rings is 2. The highest BCUT2D eigenvalue weighted by atomic mass is 33.1. The number of hydrazone groups is 1. The summed E-state index contributed by atoms with van der Waals surface area (Å²) in [5, 5.41) is 27.0. The number of nitro groups is 2. The molecule has 3 aliphatic rings. The number of non-ortho nitro benzene ring substituents is 2. The minimum atomic E-state index is -0.389. The second-order valence-corrected chi connectivity index (χ2v) is 14.0. The molecule has 1 aliphatic carbocycles. The van der Waals surface area contributed by atoms with Crippen molar-refractivity contribution in [1.29, 1.82) is 0 Å². The Morgan fingerprint density at radius 3 is 2.22 bits per heavy atom. The first kappa shape index (κ1) is 24.8. The van der Waals surface area contributed by atoms with E-state index in [1.54, 1.807) is 59.0 Å². The van der Waals surface area contributed by atoms with Crippen molar-refractivity contribution in [2.45, 2.75) is 44.9 Å². The van der Waals surface area contributed by atoms with E-state index in [1.165, 1.54) is 32.4 Å². The van der Waals surface area contributed by atoms with E-state index in [1.807, 2.05) is 4.41 Å². The van der Waals surface area contributed by atoms with Crippen LogP contribution in [0.15, 0.2) is 80.0 Å². The zero-order chi connectivity index (χ0) is 25.6. The van der Waals surface area contributed by atoms with E-state index in [0.29, 0.717) is 0 Å². The van der Waals surface area contributed by atoms with E-state index in [9.17, 15) is 20.2 Å². The summed E-state index contributed by atoms with van der Waals surface area (Å²) in [4.78, 5) is 26.0. The Kier molecular flexibility index (Phi) is 6.56. The van der Waals surface area contributed by atoms with Crippen LogP contribution in [0.25, 0.3) is 0 Å². The second kappa shape index (κ2) is 9.53. The predicted molar refractivity (Wildman–Crippen MR) is 151 cm³/mol. The van der Waals surface area contributed by atoms with Crippen LogP contribution in [0.2, 0.25) is 0 Å². The molecule has 0 spiro atoms. The number of hydrogen-bond donors (Lipinski definition) is 0. The molecule has 5 rings (SSSR count). The third-order valence-electron chi connectivity index (χ3n) is 5.94. The van der Waals surface area contributed by atoms with Crippen molar-refractivity contribution in [2.75, 3.05) is 4.41 Å². The van der Waals surface area contributed by atoms with Crippen LogP contribution in [-0.4, -0.2) is 20.4 Å². The fraction of sp³-hybridized carbons (Fsp3) is 0.280. The van der Waals surface area contributed by atoms with Gasteiger partial charge in [-0.3, -0.25) is 20.2 Å². The number of hydrogen-bond acceptors (Lipinski definition) is 8. The van der Waals surface area contributed by atoms with Crippen LogP contribution in [0.5, 0.6) is 0 Å².